The van der Waals surface area contributed by atoms with E-state index in [-0.39, 0.29) is 0 Å². The van der Waals surface area contributed by atoms with Gasteiger partial charge in [-0.2, -0.15) is 0 Å². The van der Waals surface area contributed by atoms with E-state index in [4.69, 9.17) is 27.9 Å². The molecule has 0 amide bonds. The Morgan fingerprint density at radius 1 is 0.833 bits per heavy atom. The van der Waals surface area contributed by atoms with E-state index in [1.807, 2.05) is 18.2 Å². The molecule has 0 radical (unpaired) electrons. The van der Waals surface area contributed by atoms with Crippen LogP contribution >= 0.6 is 23.2 Å². The highest BCUT2D eigenvalue weighted by atomic mass is 35.5. The molecule has 160 valence electrons. The van der Waals surface area contributed by atoms with Gasteiger partial charge in [-0.15, -0.1) is 0 Å². The third-order valence-corrected chi connectivity index (χ3v) is 6.12. The van der Waals surface area contributed by atoms with Crippen molar-refractivity contribution in [2.45, 2.75) is 58.6 Å². The van der Waals surface area contributed by atoms with E-state index in [2.05, 4.69) is 48.6 Å². The average molecular weight is 444 g/mol. The van der Waals surface area contributed by atoms with Crippen LogP contribution in [0.15, 0.2) is 54.6 Å². The second kappa shape index (κ2) is 12.2. The summed E-state index contributed by atoms with van der Waals surface area (Å²) in [6.45, 7) is 4.54. The van der Waals surface area contributed by atoms with Gasteiger partial charge < -0.3 is 10.1 Å². The number of hydrogen-bond acceptors (Lipinski definition) is 2. The second-order valence-corrected chi connectivity index (χ2v) is 8.56. The second-order valence-electron chi connectivity index (χ2n) is 7.75. The quantitative estimate of drug-likeness (QED) is 0.285. The molecule has 0 saturated heterocycles. The lowest BCUT2D eigenvalue weighted by molar-refractivity contribution is 0.302. The van der Waals surface area contributed by atoms with Crippen molar-refractivity contribution in [2.24, 2.45) is 0 Å². The molecule has 0 saturated carbocycles. The smallest absolute Gasteiger partial charge is 0.124 e. The van der Waals surface area contributed by atoms with Gasteiger partial charge in [0.05, 0.1) is 10.0 Å². The molecular weight excluding hydrogens is 413 g/mol. The minimum atomic E-state index is 0.458. The van der Waals surface area contributed by atoms with Crippen molar-refractivity contribution in [1.29, 1.82) is 0 Å². The van der Waals surface area contributed by atoms with Crippen LogP contribution in [0.25, 0.3) is 10.8 Å². The highest BCUT2D eigenvalue weighted by molar-refractivity contribution is 6.42. The van der Waals surface area contributed by atoms with E-state index in [1.54, 1.807) is 0 Å². The Morgan fingerprint density at radius 3 is 2.47 bits per heavy atom. The molecule has 0 aliphatic heterocycles. The molecule has 4 heteroatoms. The van der Waals surface area contributed by atoms with E-state index in [0.717, 1.165) is 24.4 Å². The van der Waals surface area contributed by atoms with Gasteiger partial charge in [-0.05, 0) is 47.5 Å². The van der Waals surface area contributed by atoms with Gasteiger partial charge in [0.15, 0.2) is 0 Å². The molecule has 2 nitrogen and oxygen atoms in total. The fourth-order valence-corrected chi connectivity index (χ4v) is 3.99. The molecule has 0 spiro atoms. The fraction of sp³-hybridized carbons (Fsp3) is 0.385. The predicted molar refractivity (Wildman–Crippen MR) is 130 cm³/mol. The van der Waals surface area contributed by atoms with Crippen molar-refractivity contribution in [3.63, 3.8) is 0 Å². The Bertz CT molecular complexity index is 941. The molecule has 0 atom stereocenters. The van der Waals surface area contributed by atoms with Crippen molar-refractivity contribution in [3.05, 3.63) is 75.8 Å². The summed E-state index contributed by atoms with van der Waals surface area (Å²) in [7, 11) is 0. The molecule has 0 aromatic heterocycles. The minimum Gasteiger partial charge on any atom is -0.489 e. The van der Waals surface area contributed by atoms with Crippen LogP contribution in [-0.2, 0) is 13.2 Å². The first-order valence-corrected chi connectivity index (χ1v) is 11.7. The van der Waals surface area contributed by atoms with Crippen LogP contribution in [0.5, 0.6) is 5.75 Å². The number of hydrogen-bond donors (Lipinski definition) is 1. The molecular formula is C26H31Cl2NO. The van der Waals surface area contributed by atoms with Crippen LogP contribution in [0, 0.1) is 0 Å². The first kappa shape index (κ1) is 22.9. The molecule has 30 heavy (non-hydrogen) atoms. The summed E-state index contributed by atoms with van der Waals surface area (Å²) in [4.78, 5) is 0. The van der Waals surface area contributed by atoms with Crippen molar-refractivity contribution in [1.82, 2.24) is 5.32 Å². The summed E-state index contributed by atoms with van der Waals surface area (Å²) < 4.78 is 6.21. The van der Waals surface area contributed by atoms with Gasteiger partial charge in [0.2, 0.25) is 0 Å². The topological polar surface area (TPSA) is 21.3 Å². The standard InChI is InChI=1S/C26H31Cl2NO/c1-2-3-4-5-6-9-16-29-18-23-22-11-8-7-10-21(22)13-15-26(23)30-19-20-12-14-24(27)25(28)17-20/h7-8,10-15,17,29H,2-6,9,16,18-19H2,1H3. The zero-order chi connectivity index (χ0) is 21.2. The van der Waals surface area contributed by atoms with E-state index < -0.39 is 0 Å². The van der Waals surface area contributed by atoms with Crippen molar-refractivity contribution >= 4 is 34.0 Å². The van der Waals surface area contributed by atoms with Crippen molar-refractivity contribution < 1.29 is 4.74 Å². The first-order chi connectivity index (χ1) is 14.7. The average Bonchev–Trinajstić information content (AvgIpc) is 2.77. The van der Waals surface area contributed by atoms with Crippen molar-refractivity contribution in [2.75, 3.05) is 6.54 Å². The summed E-state index contributed by atoms with van der Waals surface area (Å²) in [6, 6.07) is 18.3. The Hall–Kier alpha value is -1.74. The maximum absolute atomic E-state index is 6.21. The van der Waals surface area contributed by atoms with Gasteiger partial charge in [-0.25, -0.2) is 0 Å². The van der Waals surface area contributed by atoms with Gasteiger partial charge >= 0.3 is 0 Å². The number of halogens is 2. The van der Waals surface area contributed by atoms with Crippen LogP contribution in [0.4, 0.5) is 0 Å². The molecule has 0 aliphatic rings. The molecule has 0 bridgehead atoms. The number of rotatable bonds is 12. The van der Waals surface area contributed by atoms with Gasteiger partial charge in [0, 0.05) is 12.1 Å². The van der Waals surface area contributed by atoms with Gasteiger partial charge in [-0.1, -0.05) is 98.6 Å². The van der Waals surface area contributed by atoms with E-state index in [1.165, 1.54) is 54.9 Å². The number of benzene rings is 3. The van der Waals surface area contributed by atoms with Crippen LogP contribution < -0.4 is 10.1 Å². The molecule has 0 heterocycles. The molecule has 0 aliphatic carbocycles. The monoisotopic (exact) mass is 443 g/mol. The van der Waals surface area contributed by atoms with Crippen LogP contribution in [0.1, 0.15) is 56.6 Å². The zero-order valence-electron chi connectivity index (χ0n) is 17.7. The van der Waals surface area contributed by atoms with Gasteiger partial charge in [-0.3, -0.25) is 0 Å². The number of fused-ring (bicyclic) bond motifs is 1. The molecule has 0 unspecified atom stereocenters. The summed E-state index contributed by atoms with van der Waals surface area (Å²) in [5.41, 5.74) is 2.21. The van der Waals surface area contributed by atoms with E-state index in [9.17, 15) is 0 Å². The number of unbranched alkanes of at least 4 members (excludes halogenated alkanes) is 5. The lowest BCUT2D eigenvalue weighted by Gasteiger charge is -2.15. The zero-order valence-corrected chi connectivity index (χ0v) is 19.2. The lowest BCUT2D eigenvalue weighted by Crippen LogP contribution is -2.16. The molecule has 3 aromatic carbocycles. The number of ether oxygens (including phenoxy) is 1. The Kier molecular flexibility index (Phi) is 9.32. The Labute approximate surface area is 190 Å². The summed E-state index contributed by atoms with van der Waals surface area (Å²) >= 11 is 12.2. The maximum Gasteiger partial charge on any atom is 0.124 e. The molecule has 0 fully saturated rings. The lowest BCUT2D eigenvalue weighted by atomic mass is 10.0. The van der Waals surface area contributed by atoms with E-state index in [0.29, 0.717) is 16.7 Å². The first-order valence-electron chi connectivity index (χ1n) is 11.0. The van der Waals surface area contributed by atoms with Crippen LogP contribution in [0.2, 0.25) is 10.0 Å². The van der Waals surface area contributed by atoms with Gasteiger partial charge in [0.1, 0.15) is 12.4 Å². The van der Waals surface area contributed by atoms with Crippen LogP contribution in [-0.4, -0.2) is 6.54 Å². The summed E-state index contributed by atoms with van der Waals surface area (Å²) in [6.07, 6.45) is 7.85. The molecule has 3 rings (SSSR count). The third-order valence-electron chi connectivity index (χ3n) is 5.38. The van der Waals surface area contributed by atoms with Crippen molar-refractivity contribution in [3.8, 4) is 5.75 Å². The fourth-order valence-electron chi connectivity index (χ4n) is 3.67. The van der Waals surface area contributed by atoms with Gasteiger partial charge in [0.25, 0.3) is 0 Å². The third kappa shape index (κ3) is 6.63. The highest BCUT2D eigenvalue weighted by Gasteiger charge is 2.10. The normalized spacial score (nSPS) is 11.2. The Morgan fingerprint density at radius 2 is 1.63 bits per heavy atom. The number of nitrogens with one attached hydrogen (secondary N) is 1. The summed E-state index contributed by atoms with van der Waals surface area (Å²) in [5, 5.41) is 7.20. The Balaban J connectivity index is 1.64. The maximum atomic E-state index is 6.21. The molecule has 1 N–H and O–H groups in total. The largest absolute Gasteiger partial charge is 0.489 e. The van der Waals surface area contributed by atoms with E-state index >= 15 is 0 Å². The highest BCUT2D eigenvalue weighted by Crippen LogP contribution is 2.29. The SMILES string of the molecule is CCCCCCCCNCc1c(OCc2ccc(Cl)c(Cl)c2)ccc2ccccc12. The molecule has 3 aromatic rings. The van der Waals surface area contributed by atoms with Crippen LogP contribution in [0.3, 0.4) is 0 Å². The predicted octanol–water partition coefficient (Wildman–Crippen LogP) is 8.18. The summed E-state index contributed by atoms with van der Waals surface area (Å²) in [5.74, 6) is 0.912. The minimum absolute atomic E-state index is 0.458.